The molecule has 1 N–H and O–H groups in total. The topological polar surface area (TPSA) is 40.5 Å². The first kappa shape index (κ1) is 14.9. The van der Waals surface area contributed by atoms with Crippen molar-refractivity contribution in [1.82, 2.24) is 4.90 Å². The molecule has 0 aromatic rings. The summed E-state index contributed by atoms with van der Waals surface area (Å²) in [6, 6.07) is 0. The predicted octanol–water partition coefficient (Wildman–Crippen LogP) is 2.08. The number of carboxylic acids is 1. The molecule has 0 saturated heterocycles. The number of hydrogen-bond donors (Lipinski definition) is 1. The molecule has 0 aliphatic carbocycles. The van der Waals surface area contributed by atoms with Crippen molar-refractivity contribution < 1.29 is 9.90 Å². The van der Waals surface area contributed by atoms with E-state index in [9.17, 15) is 4.79 Å². The predicted molar refractivity (Wildman–Crippen MR) is 55.9 cm³/mol. The van der Waals surface area contributed by atoms with E-state index in [0.717, 1.165) is 13.1 Å². The molecule has 0 aliphatic rings. The molecule has 0 aromatic carbocycles. The van der Waals surface area contributed by atoms with Crippen LogP contribution in [-0.2, 0) is 4.79 Å². The van der Waals surface area contributed by atoms with Gasteiger partial charge in [-0.25, -0.2) is 0 Å². The lowest BCUT2D eigenvalue weighted by molar-refractivity contribution is -0.141. The second-order valence-electron chi connectivity index (χ2n) is 2.73. The van der Waals surface area contributed by atoms with Crippen molar-refractivity contribution >= 4 is 5.97 Å². The third kappa shape index (κ3) is 7.78. The normalized spacial score (nSPS) is 11.8. The third-order valence-corrected chi connectivity index (χ3v) is 1.85. The molecule has 0 amide bonds. The maximum atomic E-state index is 10.4. The highest BCUT2D eigenvalue weighted by Gasteiger charge is 2.13. The molecule has 0 aliphatic heterocycles. The minimum absolute atomic E-state index is 0.255. The zero-order valence-corrected chi connectivity index (χ0v) is 9.50. The fourth-order valence-corrected chi connectivity index (χ4v) is 0.947. The van der Waals surface area contributed by atoms with Crippen LogP contribution in [0.3, 0.4) is 0 Å². The van der Waals surface area contributed by atoms with Gasteiger partial charge in [-0.1, -0.05) is 34.6 Å². The van der Waals surface area contributed by atoms with Gasteiger partial charge in [-0.05, 0) is 13.1 Å². The average molecular weight is 189 g/mol. The molecule has 0 bridgehead atoms. The smallest absolute Gasteiger partial charge is 0.307 e. The van der Waals surface area contributed by atoms with E-state index in [1.54, 1.807) is 6.92 Å². The van der Waals surface area contributed by atoms with Crippen molar-refractivity contribution in [3.8, 4) is 0 Å². The Morgan fingerprint density at radius 3 is 1.92 bits per heavy atom. The molecule has 0 fully saturated rings. The van der Waals surface area contributed by atoms with Crippen LogP contribution in [-0.4, -0.2) is 35.6 Å². The maximum absolute atomic E-state index is 10.4. The molecule has 1 atom stereocenters. The molecule has 0 radical (unpaired) electrons. The van der Waals surface area contributed by atoms with Crippen molar-refractivity contribution in [2.45, 2.75) is 34.6 Å². The summed E-state index contributed by atoms with van der Waals surface area (Å²) in [5.74, 6) is -0.966. The number of aliphatic carboxylic acids is 1. The van der Waals surface area contributed by atoms with Crippen molar-refractivity contribution in [1.29, 1.82) is 0 Å². The molecular formula is C10H23NO2. The van der Waals surface area contributed by atoms with Crippen LogP contribution in [0.15, 0.2) is 0 Å². The average Bonchev–Trinajstić information content (AvgIpc) is 2.16. The first-order valence-electron chi connectivity index (χ1n) is 5.06. The molecule has 0 rings (SSSR count). The summed E-state index contributed by atoms with van der Waals surface area (Å²) in [7, 11) is 0. The lowest BCUT2D eigenvalue weighted by Crippen LogP contribution is -2.31. The lowest BCUT2D eigenvalue weighted by atomic mass is 10.2. The highest BCUT2D eigenvalue weighted by molar-refractivity contribution is 5.69. The summed E-state index contributed by atoms with van der Waals surface area (Å²) in [6.07, 6.45) is 0. The molecule has 0 spiro atoms. The zero-order chi connectivity index (χ0) is 10.9. The summed E-state index contributed by atoms with van der Waals surface area (Å²) >= 11 is 0. The molecule has 3 heteroatoms. The molecule has 0 aromatic heterocycles. The molecule has 80 valence electrons. The van der Waals surface area contributed by atoms with E-state index in [1.165, 1.54) is 0 Å². The molecule has 0 saturated carbocycles. The summed E-state index contributed by atoms with van der Waals surface area (Å²) < 4.78 is 0. The van der Waals surface area contributed by atoms with Crippen LogP contribution in [0, 0.1) is 5.92 Å². The van der Waals surface area contributed by atoms with Gasteiger partial charge < -0.3 is 10.0 Å². The quantitative estimate of drug-likeness (QED) is 0.719. The van der Waals surface area contributed by atoms with Gasteiger partial charge in [0.25, 0.3) is 0 Å². The first-order valence-corrected chi connectivity index (χ1v) is 5.06. The number of nitrogens with zero attached hydrogens (tertiary/aromatic N) is 1. The van der Waals surface area contributed by atoms with Crippen molar-refractivity contribution in [3.05, 3.63) is 0 Å². The standard InChI is InChI=1S/C8H17NO2.C2H6/c1-4-9(5-2)6-7(3)8(10)11;1-2/h7H,4-6H2,1-3H3,(H,10,11);1-2H3. The highest BCUT2D eigenvalue weighted by atomic mass is 16.4. The Kier molecular flexibility index (Phi) is 10.9. The fourth-order valence-electron chi connectivity index (χ4n) is 0.947. The van der Waals surface area contributed by atoms with Gasteiger partial charge in [0, 0.05) is 6.54 Å². The van der Waals surface area contributed by atoms with Crippen molar-refractivity contribution in [3.63, 3.8) is 0 Å². The van der Waals surface area contributed by atoms with E-state index < -0.39 is 5.97 Å². The van der Waals surface area contributed by atoms with Crippen LogP contribution in [0.2, 0.25) is 0 Å². The number of rotatable bonds is 5. The Labute approximate surface area is 81.7 Å². The van der Waals surface area contributed by atoms with Gasteiger partial charge >= 0.3 is 5.97 Å². The maximum Gasteiger partial charge on any atom is 0.307 e. The number of hydrogen-bond acceptors (Lipinski definition) is 2. The molecule has 1 unspecified atom stereocenters. The van der Waals surface area contributed by atoms with Crippen LogP contribution in [0.25, 0.3) is 0 Å². The minimum Gasteiger partial charge on any atom is -0.481 e. The van der Waals surface area contributed by atoms with Crippen LogP contribution in [0.5, 0.6) is 0 Å². The minimum atomic E-state index is -0.711. The largest absolute Gasteiger partial charge is 0.481 e. The van der Waals surface area contributed by atoms with Gasteiger partial charge in [0.15, 0.2) is 0 Å². The third-order valence-electron chi connectivity index (χ3n) is 1.85. The second kappa shape index (κ2) is 9.52. The molecular weight excluding hydrogens is 166 g/mol. The van der Waals surface area contributed by atoms with E-state index in [1.807, 2.05) is 27.7 Å². The van der Waals surface area contributed by atoms with Gasteiger partial charge in [-0.15, -0.1) is 0 Å². The Bertz CT molecular complexity index is 122. The number of carbonyl (C=O) groups is 1. The van der Waals surface area contributed by atoms with E-state index >= 15 is 0 Å². The Morgan fingerprint density at radius 2 is 1.69 bits per heavy atom. The Balaban J connectivity index is 0. The summed E-state index contributed by atoms with van der Waals surface area (Å²) in [5.41, 5.74) is 0. The number of carboxylic acid groups (broad SMARTS) is 1. The van der Waals surface area contributed by atoms with Gasteiger partial charge in [0.2, 0.25) is 0 Å². The SMILES string of the molecule is CC.CCN(CC)CC(C)C(=O)O. The van der Waals surface area contributed by atoms with Gasteiger partial charge in [0.05, 0.1) is 5.92 Å². The Morgan fingerprint density at radius 1 is 1.31 bits per heavy atom. The summed E-state index contributed by atoms with van der Waals surface area (Å²) in [6.45, 7) is 12.3. The van der Waals surface area contributed by atoms with Crippen molar-refractivity contribution in [2.24, 2.45) is 5.92 Å². The van der Waals surface area contributed by atoms with Crippen LogP contribution in [0.1, 0.15) is 34.6 Å². The summed E-state index contributed by atoms with van der Waals surface area (Å²) in [5, 5.41) is 8.60. The van der Waals surface area contributed by atoms with E-state index in [0.29, 0.717) is 6.54 Å². The molecule has 13 heavy (non-hydrogen) atoms. The van der Waals surface area contributed by atoms with Crippen LogP contribution >= 0.6 is 0 Å². The van der Waals surface area contributed by atoms with Gasteiger partial charge in [-0.3, -0.25) is 4.79 Å². The van der Waals surface area contributed by atoms with E-state index in [4.69, 9.17) is 5.11 Å². The lowest BCUT2D eigenvalue weighted by Gasteiger charge is -2.19. The summed E-state index contributed by atoms with van der Waals surface area (Å²) in [4.78, 5) is 12.5. The van der Waals surface area contributed by atoms with Crippen LogP contribution < -0.4 is 0 Å². The van der Waals surface area contributed by atoms with E-state index in [2.05, 4.69) is 4.90 Å². The van der Waals surface area contributed by atoms with E-state index in [-0.39, 0.29) is 5.92 Å². The van der Waals surface area contributed by atoms with Crippen LogP contribution in [0.4, 0.5) is 0 Å². The fraction of sp³-hybridized carbons (Fsp3) is 0.900. The zero-order valence-electron chi connectivity index (χ0n) is 9.50. The van der Waals surface area contributed by atoms with Gasteiger partial charge in [0.1, 0.15) is 0 Å². The highest BCUT2D eigenvalue weighted by Crippen LogP contribution is 1.98. The van der Waals surface area contributed by atoms with Crippen molar-refractivity contribution in [2.75, 3.05) is 19.6 Å². The molecule has 0 heterocycles. The first-order chi connectivity index (χ1) is 6.11. The Hall–Kier alpha value is -0.570. The monoisotopic (exact) mass is 189 g/mol. The molecule has 3 nitrogen and oxygen atoms in total. The van der Waals surface area contributed by atoms with Gasteiger partial charge in [-0.2, -0.15) is 0 Å². The second-order valence-corrected chi connectivity index (χ2v) is 2.73.